The highest BCUT2D eigenvalue weighted by molar-refractivity contribution is 6.01. The molecule has 0 saturated carbocycles. The van der Waals surface area contributed by atoms with E-state index in [1.165, 1.54) is 78.5 Å². The van der Waals surface area contributed by atoms with Gasteiger partial charge in [0, 0.05) is 80.9 Å². The lowest BCUT2D eigenvalue weighted by atomic mass is 9.90. The Hall–Kier alpha value is -15.4. The number of carbonyl (C=O) groups is 12. The van der Waals surface area contributed by atoms with Crippen LogP contribution in [0.2, 0.25) is 0 Å². The molecule has 18 atom stereocenters. The molecule has 0 bridgehead atoms. The van der Waals surface area contributed by atoms with E-state index in [0.717, 1.165) is 30.0 Å². The average molecular weight is 1960 g/mol. The van der Waals surface area contributed by atoms with Gasteiger partial charge in [-0.05, 0) is 80.8 Å². The van der Waals surface area contributed by atoms with Crippen molar-refractivity contribution < 1.29 is 160 Å². The minimum atomic E-state index is -2.12. The first kappa shape index (κ1) is 106. The van der Waals surface area contributed by atoms with Gasteiger partial charge in [-0.3, -0.25) is 43.2 Å². The van der Waals surface area contributed by atoms with E-state index in [0.29, 0.717) is 16.7 Å². The second-order valence-electron chi connectivity index (χ2n) is 32.1. The van der Waals surface area contributed by atoms with Crippen LogP contribution in [0.3, 0.4) is 0 Å². The van der Waals surface area contributed by atoms with Crippen molar-refractivity contribution in [3.8, 4) is 17.2 Å². The molecule has 3 unspecified atom stereocenters. The average Bonchev–Trinajstić information content (AvgIpc) is 0.797. The molecule has 3 aliphatic rings. The van der Waals surface area contributed by atoms with Crippen LogP contribution in [-0.4, -0.2) is 235 Å². The maximum atomic E-state index is 14.7. The Morgan fingerprint density at radius 1 is 0.353 bits per heavy atom. The van der Waals surface area contributed by atoms with Gasteiger partial charge in [-0.1, -0.05) is 105 Å². The number of ether oxygens (including phenoxy) is 4. The summed E-state index contributed by atoms with van der Waals surface area (Å²) in [5.74, 6) is -42.9. The number of cyclic esters (lactones) is 4. The van der Waals surface area contributed by atoms with Crippen LogP contribution in [0.5, 0.6) is 17.2 Å². The summed E-state index contributed by atoms with van der Waals surface area (Å²) in [5.41, 5.74) is -3.24. The SMILES string of the molecule is C[C@H]1OC(=O)C(Cc2ccccc2)N(C)C(=O)[C@H](C)[C@H](O)[C@H](Cc2c(F)nc(F)c(F)c2F)NC(=O)[C@H]1NC(=O)c1ncccc1O.C[C@H]1OC(=O)C(Cc2ccccc2)NC(=O)[C@H](C)[C@H](O)[C@H](Cc2c(F)nc(F)c(F)c2F)NC(=O)[C@H]1NC(=O)c1ncccc1O.C[C@H]1OC(=O)C(Cc2ccccc2)OC(=O)[C@H](C)[C@H](O)[C@H](Cc2c(F)nc(F)c(F)c2F)NC(=O)[C@H]1NC(=O)c1ncccc1O. The van der Waals surface area contributed by atoms with Crippen LogP contribution in [0.1, 0.15) is 106 Å². The smallest absolute Gasteiger partial charge is 0.348 e. The molecular formula is C91H88F12N14O22. The summed E-state index contributed by atoms with van der Waals surface area (Å²) in [6.45, 7) is 7.20. The predicted octanol–water partition coefficient (Wildman–Crippen LogP) is 4.47. The normalized spacial score (nSPS) is 24.1. The third-order valence-electron chi connectivity index (χ3n) is 22.5. The Labute approximate surface area is 780 Å². The van der Waals surface area contributed by atoms with Gasteiger partial charge in [0.05, 0.1) is 54.2 Å². The number of rotatable bonds is 18. The zero-order valence-electron chi connectivity index (χ0n) is 73.9. The van der Waals surface area contributed by atoms with Crippen LogP contribution in [-0.2, 0) is 101 Å². The Balaban J connectivity index is 0.000000215. The zero-order valence-corrected chi connectivity index (χ0v) is 73.9. The minimum Gasteiger partial charge on any atom is -0.505 e. The van der Waals surface area contributed by atoms with E-state index in [1.807, 2.05) is 0 Å². The van der Waals surface area contributed by atoms with Gasteiger partial charge in [-0.25, -0.2) is 42.5 Å². The number of aromatic hydroxyl groups is 3. The summed E-state index contributed by atoms with van der Waals surface area (Å²) >= 11 is 0. The first-order chi connectivity index (χ1) is 65.8. The Morgan fingerprint density at radius 2 is 0.669 bits per heavy atom. The Morgan fingerprint density at radius 3 is 1.02 bits per heavy atom. The van der Waals surface area contributed by atoms with Gasteiger partial charge in [0.25, 0.3) is 35.6 Å². The van der Waals surface area contributed by atoms with Gasteiger partial charge in [-0.2, -0.15) is 54.5 Å². The van der Waals surface area contributed by atoms with Crippen molar-refractivity contribution in [3.05, 3.63) is 267 Å². The highest BCUT2D eigenvalue weighted by atomic mass is 19.2. The number of halogens is 12. The lowest BCUT2D eigenvalue weighted by Crippen LogP contribution is -2.61. The Kier molecular flexibility index (Phi) is 35.7. The standard InChI is InChI=1S/C31H31F4N5O7.C30H29F4N5O7.C30H28F4N4O8/c1-14-25(42)18(13-17-21(32)22(33)27(35)39-26(17)34)37-28(43)23(38-29(44)24-20(41)10-7-11-36-24)15(2)47-31(46)19(40(3)30(14)45)12-16-8-5-4-6-9-16;1-13-24(41)17(12-16-20(31)21(32)26(34)39-25(16)33)36-28(43)22(38-29(44)23-19(40)9-6-10-35-23)14(2)46-30(45)18(37-27(13)42)11-15-7-4-3-5-8-15;1-13-24(40)17(12-16-20(31)21(32)26(34)38-25(16)33)36-27(41)22(37-28(42)23-18(39)9-6-10-35-23)14(2)45-30(44)19(46-29(13)43)11-15-7-4-3-5-8-15/h4-11,14-15,18-19,23,25,41-42H,12-13H2,1-3H3,(H,37,43)(H,38,44);3-10,13-14,17-18,22,24,40-41H,11-12H2,1-2H3,(H,36,43)(H,37,42)(H,38,44);3-10,13-14,17,19,22,24,39-40H,11-12H2,1-2H3,(H,36,41)(H,37,42)/t14-,15-,18+,19?,23+,25+;13-,14-,17+,18?,22+,24+;13-,14-,17+,19?,22+,24+/m111/s1. The lowest BCUT2D eigenvalue weighted by molar-refractivity contribution is -0.177. The molecule has 6 aromatic heterocycles. The molecular weight excluding hydrogens is 1870 g/mol. The summed E-state index contributed by atoms with van der Waals surface area (Å²) in [6, 6.07) is 19.2. The molecule has 738 valence electrons. The summed E-state index contributed by atoms with van der Waals surface area (Å²) in [4.78, 5) is 181. The van der Waals surface area contributed by atoms with E-state index in [2.05, 4.69) is 67.1 Å². The van der Waals surface area contributed by atoms with E-state index in [-0.39, 0.29) is 19.3 Å². The second-order valence-corrected chi connectivity index (χ2v) is 32.1. The van der Waals surface area contributed by atoms with Crippen molar-refractivity contribution in [2.45, 2.75) is 171 Å². The van der Waals surface area contributed by atoms with Crippen molar-refractivity contribution in [1.29, 1.82) is 0 Å². The number of pyridine rings is 6. The van der Waals surface area contributed by atoms with Crippen LogP contribution in [0.25, 0.3) is 0 Å². The van der Waals surface area contributed by atoms with Crippen molar-refractivity contribution in [3.63, 3.8) is 0 Å². The first-order valence-electron chi connectivity index (χ1n) is 42.1. The van der Waals surface area contributed by atoms with Gasteiger partial charge < -0.3 is 91.7 Å². The molecule has 9 heterocycles. The molecule has 0 spiro atoms. The number of aromatic nitrogens is 6. The highest BCUT2D eigenvalue weighted by Crippen LogP contribution is 2.30. The number of amides is 8. The maximum absolute atomic E-state index is 14.7. The van der Waals surface area contributed by atoms with E-state index in [9.17, 15) is 141 Å². The molecule has 3 aromatic carbocycles. The molecule has 0 aliphatic carbocycles. The van der Waals surface area contributed by atoms with Crippen LogP contribution in [0, 0.1) is 88.3 Å². The van der Waals surface area contributed by atoms with Crippen molar-refractivity contribution in [1.82, 2.24) is 72.0 Å². The molecule has 3 aliphatic heterocycles. The van der Waals surface area contributed by atoms with Crippen LogP contribution in [0.4, 0.5) is 52.7 Å². The second kappa shape index (κ2) is 46.9. The van der Waals surface area contributed by atoms with Gasteiger partial charge in [0.2, 0.25) is 70.9 Å². The third kappa shape index (κ3) is 26.1. The van der Waals surface area contributed by atoms with E-state index >= 15 is 0 Å². The zero-order chi connectivity index (χ0) is 102. The third-order valence-corrected chi connectivity index (χ3v) is 22.5. The number of esters is 4. The minimum absolute atomic E-state index is 0.0666. The van der Waals surface area contributed by atoms with Crippen LogP contribution < -0.4 is 37.2 Å². The van der Waals surface area contributed by atoms with Crippen molar-refractivity contribution >= 4 is 71.1 Å². The predicted molar refractivity (Wildman–Crippen MR) is 452 cm³/mol. The Bertz CT molecular complexity index is 5830. The molecule has 9 aromatic rings. The molecule has 13 N–H and O–H groups in total. The fraction of sp³-hybridized carbons (Fsp3) is 0.341. The summed E-state index contributed by atoms with van der Waals surface area (Å²) in [5, 5.41) is 80.1. The highest BCUT2D eigenvalue weighted by Gasteiger charge is 2.47. The van der Waals surface area contributed by atoms with E-state index < -0.39 is 321 Å². The number of likely N-dealkylation sites (N-methyl/N-ethyl adjacent to an activating group) is 1. The first-order valence-corrected chi connectivity index (χ1v) is 42.1. The summed E-state index contributed by atoms with van der Waals surface area (Å²) in [7, 11) is 1.27. The quantitative estimate of drug-likeness (QED) is 0.0244. The lowest BCUT2D eigenvalue weighted by Gasteiger charge is -2.36. The monoisotopic (exact) mass is 1960 g/mol. The molecule has 0 radical (unpaired) electrons. The molecule has 48 heteroatoms. The van der Waals surface area contributed by atoms with Gasteiger partial charge in [0.15, 0.2) is 34.5 Å². The van der Waals surface area contributed by atoms with Gasteiger partial charge >= 0.3 is 23.9 Å². The topological polar surface area (TPSA) is 528 Å². The van der Waals surface area contributed by atoms with Gasteiger partial charge in [0.1, 0.15) is 65.8 Å². The number of hydrogen-bond acceptors (Lipinski definition) is 28. The number of hydrogen-bond donors (Lipinski definition) is 13. The van der Waals surface area contributed by atoms with Crippen molar-refractivity contribution in [2.75, 3.05) is 7.05 Å². The summed E-state index contributed by atoms with van der Waals surface area (Å²) < 4.78 is 192. The van der Waals surface area contributed by atoms with E-state index in [1.54, 1.807) is 91.0 Å². The van der Waals surface area contributed by atoms with Gasteiger partial charge in [-0.15, -0.1) is 0 Å². The van der Waals surface area contributed by atoms with E-state index in [4.69, 9.17) is 18.9 Å². The molecule has 139 heavy (non-hydrogen) atoms. The molecule has 3 fully saturated rings. The number of aliphatic hydroxyl groups is 3. The number of nitrogens with zero attached hydrogens (tertiary/aromatic N) is 7. The largest absolute Gasteiger partial charge is 0.505 e. The number of carbonyl (C=O) groups excluding carboxylic acids is 12. The molecule has 3 saturated heterocycles. The fourth-order valence-corrected chi connectivity index (χ4v) is 14.6. The maximum Gasteiger partial charge on any atom is 0.348 e. The van der Waals surface area contributed by atoms with Crippen LogP contribution in [0.15, 0.2) is 146 Å². The number of aliphatic hydroxyl groups excluding tert-OH is 3. The number of benzene rings is 3. The summed E-state index contributed by atoms with van der Waals surface area (Å²) in [6.07, 6.45) is -12.0. The van der Waals surface area contributed by atoms with Crippen molar-refractivity contribution in [2.24, 2.45) is 17.8 Å². The molecule has 36 nitrogen and oxygen atoms in total. The molecule has 8 amide bonds. The molecule has 12 rings (SSSR count). The van der Waals surface area contributed by atoms with Crippen LogP contribution >= 0.6 is 0 Å². The fourth-order valence-electron chi connectivity index (χ4n) is 14.6. The number of nitrogens with one attached hydrogen (secondary N) is 7.